The van der Waals surface area contributed by atoms with E-state index in [1.807, 2.05) is 24.3 Å². The van der Waals surface area contributed by atoms with Crippen LogP contribution in [0.4, 0.5) is 5.69 Å². The second-order valence-electron chi connectivity index (χ2n) is 6.24. The van der Waals surface area contributed by atoms with Gasteiger partial charge in [0.25, 0.3) is 5.91 Å². The molecule has 132 valence electrons. The van der Waals surface area contributed by atoms with E-state index in [1.165, 1.54) is 12.8 Å². The molecular weight excluding hydrogens is 316 g/mol. The number of rotatable bonds is 6. The minimum absolute atomic E-state index is 0.201. The van der Waals surface area contributed by atoms with Crippen molar-refractivity contribution in [2.75, 3.05) is 12.8 Å². The van der Waals surface area contributed by atoms with Gasteiger partial charge in [-0.2, -0.15) is 0 Å². The summed E-state index contributed by atoms with van der Waals surface area (Å²) < 4.78 is 11.6. The molecule has 0 radical (unpaired) electrons. The van der Waals surface area contributed by atoms with E-state index >= 15 is 0 Å². The summed E-state index contributed by atoms with van der Waals surface area (Å²) in [6.45, 7) is 0.354. The van der Waals surface area contributed by atoms with E-state index in [9.17, 15) is 4.79 Å². The zero-order valence-electron chi connectivity index (χ0n) is 14.5. The second kappa shape index (κ2) is 7.92. The van der Waals surface area contributed by atoms with Crippen LogP contribution < -0.4 is 20.5 Å². The molecule has 1 aliphatic carbocycles. The van der Waals surface area contributed by atoms with Crippen molar-refractivity contribution in [3.05, 3.63) is 53.6 Å². The Morgan fingerprint density at radius 2 is 1.92 bits per heavy atom. The lowest BCUT2D eigenvalue weighted by Gasteiger charge is -2.19. The highest BCUT2D eigenvalue weighted by Crippen LogP contribution is 2.34. The van der Waals surface area contributed by atoms with Crippen LogP contribution in [0.15, 0.2) is 42.5 Å². The molecule has 1 amide bonds. The third-order valence-corrected chi connectivity index (χ3v) is 4.51. The van der Waals surface area contributed by atoms with E-state index in [4.69, 9.17) is 15.2 Å². The summed E-state index contributed by atoms with van der Waals surface area (Å²) in [6.07, 6.45) is 4.73. The fraction of sp³-hybridized carbons (Fsp3) is 0.350. The molecule has 1 saturated carbocycles. The van der Waals surface area contributed by atoms with Gasteiger partial charge < -0.3 is 20.5 Å². The van der Waals surface area contributed by atoms with E-state index in [0.717, 1.165) is 24.2 Å². The van der Waals surface area contributed by atoms with Crippen molar-refractivity contribution in [3.63, 3.8) is 0 Å². The van der Waals surface area contributed by atoms with Gasteiger partial charge in [-0.1, -0.05) is 24.3 Å². The molecule has 3 rings (SSSR count). The number of nitrogens with two attached hydrogens (primary N) is 1. The van der Waals surface area contributed by atoms with Gasteiger partial charge in [0.15, 0.2) is 11.5 Å². The first-order valence-corrected chi connectivity index (χ1v) is 8.64. The fourth-order valence-electron chi connectivity index (χ4n) is 3.14. The largest absolute Gasteiger partial charge is 0.493 e. The van der Waals surface area contributed by atoms with Crippen LogP contribution in [-0.4, -0.2) is 19.1 Å². The average molecular weight is 340 g/mol. The van der Waals surface area contributed by atoms with E-state index in [0.29, 0.717) is 23.5 Å². The topological polar surface area (TPSA) is 73.6 Å². The van der Waals surface area contributed by atoms with Gasteiger partial charge in [-0.15, -0.1) is 0 Å². The molecule has 1 aliphatic rings. The number of ether oxygens (including phenoxy) is 2. The van der Waals surface area contributed by atoms with Crippen molar-refractivity contribution < 1.29 is 14.3 Å². The molecular formula is C20H24N2O3. The zero-order valence-corrected chi connectivity index (χ0v) is 14.5. The number of nitrogens with one attached hydrogen (secondary N) is 1. The Morgan fingerprint density at radius 3 is 2.64 bits per heavy atom. The SMILES string of the molecule is COc1cccc(CNC(=O)c2ccccc2N)c1OC1CCCC1. The molecule has 0 atom stereocenters. The van der Waals surface area contributed by atoms with Crippen molar-refractivity contribution in [1.29, 1.82) is 0 Å². The van der Waals surface area contributed by atoms with Crippen molar-refractivity contribution in [2.45, 2.75) is 38.3 Å². The first kappa shape index (κ1) is 17.1. The van der Waals surface area contributed by atoms with Gasteiger partial charge in [0.05, 0.1) is 18.8 Å². The van der Waals surface area contributed by atoms with E-state index in [1.54, 1.807) is 25.3 Å². The van der Waals surface area contributed by atoms with Gasteiger partial charge in [-0.3, -0.25) is 4.79 Å². The summed E-state index contributed by atoms with van der Waals surface area (Å²) in [5, 5.41) is 2.92. The second-order valence-corrected chi connectivity index (χ2v) is 6.24. The Morgan fingerprint density at radius 1 is 1.16 bits per heavy atom. The lowest BCUT2D eigenvalue weighted by atomic mass is 10.1. The quantitative estimate of drug-likeness (QED) is 0.789. The maximum atomic E-state index is 12.4. The van der Waals surface area contributed by atoms with Crippen LogP contribution in [0.5, 0.6) is 11.5 Å². The number of nitrogen functional groups attached to an aromatic ring is 1. The van der Waals surface area contributed by atoms with Crippen LogP contribution in [0, 0.1) is 0 Å². The first-order chi connectivity index (χ1) is 12.2. The van der Waals surface area contributed by atoms with Crippen LogP contribution in [0.25, 0.3) is 0 Å². The summed E-state index contributed by atoms with van der Waals surface area (Å²) >= 11 is 0. The van der Waals surface area contributed by atoms with Crippen molar-refractivity contribution in [2.24, 2.45) is 0 Å². The molecule has 0 aliphatic heterocycles. The van der Waals surface area contributed by atoms with Crippen LogP contribution >= 0.6 is 0 Å². The number of carbonyl (C=O) groups is 1. The normalized spacial score (nSPS) is 14.3. The predicted octanol–water partition coefficient (Wildman–Crippen LogP) is 3.53. The van der Waals surface area contributed by atoms with Crippen molar-refractivity contribution >= 4 is 11.6 Å². The number of anilines is 1. The summed E-state index contributed by atoms with van der Waals surface area (Å²) in [5.74, 6) is 1.21. The van der Waals surface area contributed by atoms with Crippen molar-refractivity contribution in [3.8, 4) is 11.5 Å². The molecule has 0 aromatic heterocycles. The number of hydrogen-bond donors (Lipinski definition) is 2. The number of methoxy groups -OCH3 is 1. The van der Waals surface area contributed by atoms with Gasteiger partial charge in [0.1, 0.15) is 0 Å². The highest BCUT2D eigenvalue weighted by molar-refractivity contribution is 5.99. The fourth-order valence-corrected chi connectivity index (χ4v) is 3.14. The molecule has 2 aromatic carbocycles. The minimum atomic E-state index is -0.201. The lowest BCUT2D eigenvalue weighted by molar-refractivity contribution is 0.0951. The molecule has 0 saturated heterocycles. The molecule has 0 unspecified atom stereocenters. The summed E-state index contributed by atoms with van der Waals surface area (Å²) in [5.41, 5.74) is 7.71. The van der Waals surface area contributed by atoms with E-state index in [2.05, 4.69) is 5.32 Å². The zero-order chi connectivity index (χ0) is 17.6. The van der Waals surface area contributed by atoms with Gasteiger partial charge in [-0.25, -0.2) is 0 Å². The molecule has 3 N–H and O–H groups in total. The monoisotopic (exact) mass is 340 g/mol. The number of benzene rings is 2. The number of amides is 1. The molecule has 5 heteroatoms. The summed E-state index contributed by atoms with van der Waals surface area (Å²) in [7, 11) is 1.63. The summed E-state index contributed by atoms with van der Waals surface area (Å²) in [6, 6.07) is 12.8. The van der Waals surface area contributed by atoms with E-state index in [-0.39, 0.29) is 12.0 Å². The molecule has 2 aromatic rings. The number of hydrogen-bond acceptors (Lipinski definition) is 4. The highest BCUT2D eigenvalue weighted by Gasteiger charge is 2.21. The predicted molar refractivity (Wildman–Crippen MR) is 97.9 cm³/mol. The minimum Gasteiger partial charge on any atom is -0.493 e. The Hall–Kier alpha value is -2.69. The lowest BCUT2D eigenvalue weighted by Crippen LogP contribution is -2.24. The molecule has 0 heterocycles. The number of carbonyl (C=O) groups excluding carboxylic acids is 1. The molecule has 0 bridgehead atoms. The Kier molecular flexibility index (Phi) is 5.43. The molecule has 1 fully saturated rings. The van der Waals surface area contributed by atoms with Gasteiger partial charge in [0, 0.05) is 17.8 Å². The molecule has 25 heavy (non-hydrogen) atoms. The average Bonchev–Trinajstić information content (AvgIpc) is 3.14. The van der Waals surface area contributed by atoms with Crippen LogP contribution in [-0.2, 0) is 6.54 Å². The van der Waals surface area contributed by atoms with Gasteiger partial charge in [-0.05, 0) is 43.9 Å². The van der Waals surface area contributed by atoms with E-state index < -0.39 is 0 Å². The number of para-hydroxylation sites is 2. The van der Waals surface area contributed by atoms with Crippen LogP contribution in [0.2, 0.25) is 0 Å². The first-order valence-electron chi connectivity index (χ1n) is 8.64. The Labute approximate surface area is 148 Å². The molecule has 0 spiro atoms. The third-order valence-electron chi connectivity index (χ3n) is 4.51. The maximum absolute atomic E-state index is 12.4. The third kappa shape index (κ3) is 4.05. The summed E-state index contributed by atoms with van der Waals surface area (Å²) in [4.78, 5) is 12.4. The Balaban J connectivity index is 1.75. The van der Waals surface area contributed by atoms with Gasteiger partial charge in [0.2, 0.25) is 0 Å². The highest BCUT2D eigenvalue weighted by atomic mass is 16.5. The van der Waals surface area contributed by atoms with Crippen molar-refractivity contribution in [1.82, 2.24) is 5.32 Å². The van der Waals surface area contributed by atoms with Crippen LogP contribution in [0.1, 0.15) is 41.6 Å². The van der Waals surface area contributed by atoms with Crippen LogP contribution in [0.3, 0.4) is 0 Å². The smallest absolute Gasteiger partial charge is 0.253 e. The Bertz CT molecular complexity index is 739. The van der Waals surface area contributed by atoms with Gasteiger partial charge >= 0.3 is 0 Å². The standard InChI is InChI=1S/C20H24N2O3/c1-24-18-12-6-7-14(19(18)25-15-8-2-3-9-15)13-22-20(23)16-10-4-5-11-17(16)21/h4-7,10-12,15H,2-3,8-9,13,21H2,1H3,(H,22,23). The maximum Gasteiger partial charge on any atom is 0.253 e. The molecule has 5 nitrogen and oxygen atoms in total.